The van der Waals surface area contributed by atoms with Gasteiger partial charge in [0.25, 0.3) is 0 Å². The molecule has 0 spiro atoms. The van der Waals surface area contributed by atoms with Crippen LogP contribution < -0.4 is 5.73 Å². The molecule has 0 amide bonds. The Labute approximate surface area is 93.9 Å². The van der Waals surface area contributed by atoms with Crippen LogP contribution in [0.15, 0.2) is 42.5 Å². The molecule has 0 fully saturated rings. The first-order valence-corrected chi connectivity index (χ1v) is 5.09. The summed E-state index contributed by atoms with van der Waals surface area (Å²) in [4.78, 5) is 0. The smallest absolute Gasteiger partial charge is 0.235 e. The zero-order valence-corrected chi connectivity index (χ0v) is 9.16. The van der Waals surface area contributed by atoms with Gasteiger partial charge in [0.1, 0.15) is 0 Å². The fourth-order valence-electron chi connectivity index (χ4n) is 1.37. The molecule has 0 atom stereocenters. The first kappa shape index (κ1) is 12.6. The van der Waals surface area contributed by atoms with Gasteiger partial charge in [0.05, 0.1) is 0 Å². The zero-order chi connectivity index (χ0) is 12.0. The number of hydrogen-bond acceptors (Lipinski definition) is 1. The molecule has 16 heavy (non-hydrogen) atoms. The average molecular weight is 223 g/mol. The highest BCUT2D eigenvalue weighted by atomic mass is 19.3. The maximum Gasteiger partial charge on any atom is 0.235 e. The van der Waals surface area contributed by atoms with Gasteiger partial charge in [0.15, 0.2) is 0 Å². The molecule has 0 saturated carbocycles. The van der Waals surface area contributed by atoms with Crippen molar-refractivity contribution in [2.45, 2.75) is 19.9 Å². The van der Waals surface area contributed by atoms with Gasteiger partial charge in [-0.25, -0.2) is 8.78 Å². The summed E-state index contributed by atoms with van der Waals surface area (Å²) in [5.41, 5.74) is 6.73. The van der Waals surface area contributed by atoms with Gasteiger partial charge in [-0.05, 0) is 29.3 Å². The van der Waals surface area contributed by atoms with Gasteiger partial charge in [-0.2, -0.15) is 0 Å². The lowest BCUT2D eigenvalue weighted by Crippen LogP contribution is -1.95. The van der Waals surface area contributed by atoms with Crippen molar-refractivity contribution in [1.29, 1.82) is 0 Å². The Morgan fingerprint density at radius 1 is 1.06 bits per heavy atom. The Hall–Kier alpha value is -1.48. The van der Waals surface area contributed by atoms with Crippen LogP contribution in [0, 0.1) is 0 Å². The Bertz CT molecular complexity index is 438. The minimum atomic E-state index is -2.17. The molecule has 0 heterocycles. The van der Waals surface area contributed by atoms with E-state index in [0.29, 0.717) is 6.54 Å². The Kier molecular flexibility index (Phi) is 4.86. The third-order valence-corrected chi connectivity index (χ3v) is 2.05. The van der Waals surface area contributed by atoms with Gasteiger partial charge in [-0.1, -0.05) is 36.4 Å². The fraction of sp³-hybridized carbons (Fsp3) is 0.231. The maximum atomic E-state index is 10.3. The molecule has 2 N–H and O–H groups in total. The second-order valence-electron chi connectivity index (χ2n) is 3.40. The molecular weight excluding hydrogens is 208 g/mol. The monoisotopic (exact) mass is 223 g/mol. The van der Waals surface area contributed by atoms with Crippen LogP contribution in [0.1, 0.15) is 12.5 Å². The van der Waals surface area contributed by atoms with Crippen LogP contribution in [0.2, 0.25) is 0 Å². The van der Waals surface area contributed by atoms with E-state index in [1.807, 2.05) is 12.1 Å². The molecule has 0 bridgehead atoms. The quantitative estimate of drug-likeness (QED) is 0.785. The van der Waals surface area contributed by atoms with Crippen LogP contribution in [0.3, 0.4) is 0 Å². The summed E-state index contributed by atoms with van der Waals surface area (Å²) >= 11 is 0. The number of hydrogen-bond donors (Lipinski definition) is 1. The minimum Gasteiger partial charge on any atom is -0.326 e. The van der Waals surface area contributed by atoms with Crippen molar-refractivity contribution in [2.75, 3.05) is 0 Å². The van der Waals surface area contributed by atoms with E-state index < -0.39 is 6.43 Å². The third kappa shape index (κ3) is 3.95. The molecule has 0 aliphatic heterocycles. The molecule has 0 aliphatic carbocycles. The number of fused-ring (bicyclic) bond motifs is 1. The molecule has 86 valence electrons. The molecule has 0 aliphatic rings. The van der Waals surface area contributed by atoms with Crippen molar-refractivity contribution in [3.05, 3.63) is 48.0 Å². The first-order chi connectivity index (χ1) is 7.63. The third-order valence-electron chi connectivity index (χ3n) is 2.05. The molecular formula is C13H15F2N. The SMILES string of the molecule is CC(F)F.NCc1ccc2ccccc2c1. The van der Waals surface area contributed by atoms with Crippen LogP contribution in [0.5, 0.6) is 0 Å². The van der Waals surface area contributed by atoms with Gasteiger partial charge in [-0.15, -0.1) is 0 Å². The molecule has 0 aromatic heterocycles. The molecule has 0 saturated heterocycles. The predicted molar refractivity (Wildman–Crippen MR) is 63.5 cm³/mol. The largest absolute Gasteiger partial charge is 0.326 e. The highest BCUT2D eigenvalue weighted by Crippen LogP contribution is 2.14. The zero-order valence-electron chi connectivity index (χ0n) is 9.16. The summed E-state index contributed by atoms with van der Waals surface area (Å²) in [6, 6.07) is 14.6. The first-order valence-electron chi connectivity index (χ1n) is 5.09. The minimum absolute atomic E-state index is 0.616. The lowest BCUT2D eigenvalue weighted by atomic mass is 10.1. The lowest BCUT2D eigenvalue weighted by molar-refractivity contribution is 0.171. The maximum absolute atomic E-state index is 10.3. The van der Waals surface area contributed by atoms with E-state index >= 15 is 0 Å². The van der Waals surface area contributed by atoms with Gasteiger partial charge >= 0.3 is 0 Å². The summed E-state index contributed by atoms with van der Waals surface area (Å²) in [6.45, 7) is 1.45. The molecule has 2 aromatic carbocycles. The standard InChI is InChI=1S/C11H11N.C2H4F2/c12-8-9-5-6-10-3-1-2-4-11(10)7-9;1-2(3)4/h1-7H,8,12H2;2H,1H3. The number of halogens is 2. The van der Waals surface area contributed by atoms with Gasteiger partial charge in [0.2, 0.25) is 6.43 Å². The van der Waals surface area contributed by atoms with Crippen molar-refractivity contribution in [3.63, 3.8) is 0 Å². The summed E-state index contributed by atoms with van der Waals surface area (Å²) < 4.78 is 20.7. The van der Waals surface area contributed by atoms with E-state index in [0.717, 1.165) is 6.92 Å². The number of nitrogens with two attached hydrogens (primary N) is 1. The van der Waals surface area contributed by atoms with Crippen LogP contribution in [0.25, 0.3) is 10.8 Å². The van der Waals surface area contributed by atoms with E-state index in [1.165, 1.54) is 16.3 Å². The van der Waals surface area contributed by atoms with Gasteiger partial charge in [0, 0.05) is 6.54 Å². The van der Waals surface area contributed by atoms with E-state index in [1.54, 1.807) is 0 Å². The molecule has 2 rings (SSSR count). The lowest BCUT2D eigenvalue weighted by Gasteiger charge is -1.99. The number of alkyl halides is 2. The van der Waals surface area contributed by atoms with Gasteiger partial charge < -0.3 is 5.73 Å². The van der Waals surface area contributed by atoms with Crippen LogP contribution >= 0.6 is 0 Å². The normalized spacial score (nSPS) is 10.1. The fourth-order valence-corrected chi connectivity index (χ4v) is 1.37. The Morgan fingerprint density at radius 2 is 1.62 bits per heavy atom. The summed E-state index contributed by atoms with van der Waals surface area (Å²) in [6.07, 6.45) is -2.17. The summed E-state index contributed by atoms with van der Waals surface area (Å²) in [5, 5.41) is 2.54. The van der Waals surface area contributed by atoms with E-state index in [9.17, 15) is 8.78 Å². The topological polar surface area (TPSA) is 26.0 Å². The molecule has 2 aromatic rings. The number of benzene rings is 2. The second-order valence-corrected chi connectivity index (χ2v) is 3.40. The predicted octanol–water partition coefficient (Wildman–Crippen LogP) is 3.57. The molecule has 1 nitrogen and oxygen atoms in total. The van der Waals surface area contributed by atoms with E-state index in [-0.39, 0.29) is 0 Å². The van der Waals surface area contributed by atoms with Crippen molar-refractivity contribution in [2.24, 2.45) is 5.73 Å². The molecule has 3 heteroatoms. The van der Waals surface area contributed by atoms with Crippen LogP contribution in [0.4, 0.5) is 8.78 Å². The average Bonchev–Trinajstić information content (AvgIpc) is 2.27. The van der Waals surface area contributed by atoms with Crippen molar-refractivity contribution in [1.82, 2.24) is 0 Å². The highest BCUT2D eigenvalue weighted by molar-refractivity contribution is 5.82. The van der Waals surface area contributed by atoms with E-state index in [4.69, 9.17) is 5.73 Å². The van der Waals surface area contributed by atoms with Crippen molar-refractivity contribution in [3.8, 4) is 0 Å². The van der Waals surface area contributed by atoms with Crippen LogP contribution in [-0.2, 0) is 6.54 Å². The Balaban J connectivity index is 0.000000280. The van der Waals surface area contributed by atoms with Crippen LogP contribution in [-0.4, -0.2) is 6.43 Å². The highest BCUT2D eigenvalue weighted by Gasteiger charge is 1.92. The number of rotatable bonds is 1. The van der Waals surface area contributed by atoms with E-state index in [2.05, 4.69) is 30.3 Å². The summed E-state index contributed by atoms with van der Waals surface area (Å²) in [5.74, 6) is 0. The van der Waals surface area contributed by atoms with Crippen molar-refractivity contribution < 1.29 is 8.78 Å². The molecule has 0 unspecified atom stereocenters. The van der Waals surface area contributed by atoms with Gasteiger partial charge in [-0.3, -0.25) is 0 Å². The summed E-state index contributed by atoms with van der Waals surface area (Å²) in [7, 11) is 0. The Morgan fingerprint density at radius 3 is 2.19 bits per heavy atom. The van der Waals surface area contributed by atoms with Crippen molar-refractivity contribution >= 4 is 10.8 Å². The molecule has 0 radical (unpaired) electrons. The second kappa shape index (κ2) is 6.18.